The Bertz CT molecular complexity index is 441. The molecule has 1 saturated heterocycles. The SMILES string of the molecule is CCC(N)(c1cccc(OC)c1)C(C)N1CCCCCC1. The van der Waals surface area contributed by atoms with Crippen LogP contribution in [0.1, 0.15) is 51.5 Å². The molecule has 2 N–H and O–H groups in total. The Labute approximate surface area is 129 Å². The van der Waals surface area contributed by atoms with Crippen LogP contribution in [0.5, 0.6) is 5.75 Å². The zero-order valence-corrected chi connectivity index (χ0v) is 13.8. The number of hydrogen-bond acceptors (Lipinski definition) is 3. The molecule has 0 aromatic heterocycles. The van der Waals surface area contributed by atoms with E-state index in [1.165, 1.54) is 44.3 Å². The van der Waals surface area contributed by atoms with E-state index in [4.69, 9.17) is 10.5 Å². The molecule has 1 heterocycles. The molecule has 2 rings (SSSR count). The first-order valence-electron chi connectivity index (χ1n) is 8.29. The van der Waals surface area contributed by atoms with E-state index in [9.17, 15) is 0 Å². The fraction of sp³-hybridized carbons (Fsp3) is 0.667. The molecule has 118 valence electrons. The van der Waals surface area contributed by atoms with Gasteiger partial charge in [-0.1, -0.05) is 31.9 Å². The summed E-state index contributed by atoms with van der Waals surface area (Å²) < 4.78 is 5.37. The lowest BCUT2D eigenvalue weighted by molar-refractivity contribution is 0.131. The number of ether oxygens (including phenoxy) is 1. The largest absolute Gasteiger partial charge is 0.497 e. The molecule has 0 saturated carbocycles. The fourth-order valence-corrected chi connectivity index (χ4v) is 3.46. The first kappa shape index (κ1) is 16.3. The van der Waals surface area contributed by atoms with Gasteiger partial charge in [0, 0.05) is 6.04 Å². The molecule has 2 unspecified atom stereocenters. The summed E-state index contributed by atoms with van der Waals surface area (Å²) in [4.78, 5) is 2.58. The van der Waals surface area contributed by atoms with Crippen molar-refractivity contribution in [2.24, 2.45) is 5.73 Å². The molecule has 0 aliphatic carbocycles. The van der Waals surface area contributed by atoms with Crippen molar-refractivity contribution in [2.75, 3.05) is 20.2 Å². The minimum atomic E-state index is -0.321. The summed E-state index contributed by atoms with van der Waals surface area (Å²) >= 11 is 0. The van der Waals surface area contributed by atoms with Crippen molar-refractivity contribution in [3.63, 3.8) is 0 Å². The van der Waals surface area contributed by atoms with E-state index in [-0.39, 0.29) is 5.54 Å². The van der Waals surface area contributed by atoms with Crippen LogP contribution in [0.15, 0.2) is 24.3 Å². The van der Waals surface area contributed by atoms with Crippen molar-refractivity contribution in [2.45, 2.75) is 57.5 Å². The zero-order valence-electron chi connectivity index (χ0n) is 13.8. The Kier molecular flexibility index (Phi) is 5.65. The Morgan fingerprint density at radius 2 is 1.90 bits per heavy atom. The van der Waals surface area contributed by atoms with Crippen molar-refractivity contribution in [3.05, 3.63) is 29.8 Å². The smallest absolute Gasteiger partial charge is 0.119 e. The van der Waals surface area contributed by atoms with E-state index in [0.717, 1.165) is 12.2 Å². The lowest BCUT2D eigenvalue weighted by atomic mass is 9.81. The third-order valence-corrected chi connectivity index (χ3v) is 5.13. The second kappa shape index (κ2) is 7.28. The molecule has 1 fully saturated rings. The van der Waals surface area contributed by atoms with Crippen LogP contribution in [0.2, 0.25) is 0 Å². The van der Waals surface area contributed by atoms with Gasteiger partial charge in [-0.05, 0) is 57.0 Å². The topological polar surface area (TPSA) is 38.5 Å². The van der Waals surface area contributed by atoms with Gasteiger partial charge in [0.15, 0.2) is 0 Å². The number of rotatable bonds is 5. The normalized spacial score (nSPS) is 21.3. The molecular weight excluding hydrogens is 260 g/mol. The highest BCUT2D eigenvalue weighted by Gasteiger charge is 2.36. The van der Waals surface area contributed by atoms with Gasteiger partial charge in [-0.2, -0.15) is 0 Å². The van der Waals surface area contributed by atoms with Crippen molar-refractivity contribution in [3.8, 4) is 5.75 Å². The summed E-state index contributed by atoms with van der Waals surface area (Å²) in [5.74, 6) is 0.888. The van der Waals surface area contributed by atoms with Gasteiger partial charge in [0.2, 0.25) is 0 Å². The molecule has 21 heavy (non-hydrogen) atoms. The lowest BCUT2D eigenvalue weighted by Gasteiger charge is -2.42. The van der Waals surface area contributed by atoms with Gasteiger partial charge in [0.1, 0.15) is 5.75 Å². The highest BCUT2D eigenvalue weighted by molar-refractivity contribution is 5.34. The van der Waals surface area contributed by atoms with Crippen LogP contribution in [0, 0.1) is 0 Å². The first-order valence-corrected chi connectivity index (χ1v) is 8.29. The van der Waals surface area contributed by atoms with Crippen molar-refractivity contribution in [1.82, 2.24) is 4.90 Å². The second-order valence-corrected chi connectivity index (χ2v) is 6.25. The standard InChI is InChI=1S/C18H30N2O/c1-4-18(19,16-10-9-11-17(14-16)21-3)15(2)20-12-7-5-6-8-13-20/h9-11,14-15H,4-8,12-13,19H2,1-3H3. The Balaban J connectivity index is 2.25. The van der Waals surface area contributed by atoms with Gasteiger partial charge in [0.25, 0.3) is 0 Å². The third kappa shape index (κ3) is 3.58. The molecule has 3 heteroatoms. The highest BCUT2D eigenvalue weighted by Crippen LogP contribution is 2.32. The van der Waals surface area contributed by atoms with Crippen molar-refractivity contribution >= 4 is 0 Å². The third-order valence-electron chi connectivity index (χ3n) is 5.13. The van der Waals surface area contributed by atoms with E-state index in [0.29, 0.717) is 6.04 Å². The quantitative estimate of drug-likeness (QED) is 0.901. The second-order valence-electron chi connectivity index (χ2n) is 6.25. The van der Waals surface area contributed by atoms with Crippen LogP contribution >= 0.6 is 0 Å². The van der Waals surface area contributed by atoms with E-state index in [1.807, 2.05) is 12.1 Å². The van der Waals surface area contributed by atoms with Crippen molar-refractivity contribution < 1.29 is 4.74 Å². The van der Waals surface area contributed by atoms with Crippen LogP contribution in [0.4, 0.5) is 0 Å². The monoisotopic (exact) mass is 290 g/mol. The lowest BCUT2D eigenvalue weighted by Crippen LogP contribution is -2.54. The molecular formula is C18H30N2O. The number of likely N-dealkylation sites (tertiary alicyclic amines) is 1. The van der Waals surface area contributed by atoms with E-state index in [2.05, 4.69) is 30.9 Å². The van der Waals surface area contributed by atoms with E-state index < -0.39 is 0 Å². The molecule has 1 aliphatic heterocycles. The summed E-state index contributed by atoms with van der Waals surface area (Å²) in [5.41, 5.74) is 7.73. The predicted molar refractivity (Wildman–Crippen MR) is 88.7 cm³/mol. The summed E-state index contributed by atoms with van der Waals surface area (Å²) in [6.07, 6.45) is 6.22. The van der Waals surface area contributed by atoms with Gasteiger partial charge in [-0.15, -0.1) is 0 Å². The highest BCUT2D eigenvalue weighted by atomic mass is 16.5. The Morgan fingerprint density at radius 3 is 2.48 bits per heavy atom. The zero-order chi connectivity index (χ0) is 15.3. The number of hydrogen-bond donors (Lipinski definition) is 1. The fourth-order valence-electron chi connectivity index (χ4n) is 3.46. The van der Waals surface area contributed by atoms with Crippen LogP contribution in [0.25, 0.3) is 0 Å². The van der Waals surface area contributed by atoms with Crippen LogP contribution in [-0.4, -0.2) is 31.1 Å². The number of benzene rings is 1. The van der Waals surface area contributed by atoms with Crippen LogP contribution < -0.4 is 10.5 Å². The summed E-state index contributed by atoms with van der Waals surface area (Å²) in [6.45, 7) is 6.82. The van der Waals surface area contributed by atoms with Crippen LogP contribution in [0.3, 0.4) is 0 Å². The molecule has 1 aromatic carbocycles. The Morgan fingerprint density at radius 1 is 1.24 bits per heavy atom. The first-order chi connectivity index (χ1) is 10.1. The van der Waals surface area contributed by atoms with Gasteiger partial charge < -0.3 is 10.5 Å². The molecule has 0 bridgehead atoms. The molecule has 0 amide bonds. The average Bonchev–Trinajstić information content (AvgIpc) is 2.82. The van der Waals surface area contributed by atoms with E-state index in [1.54, 1.807) is 7.11 Å². The Hall–Kier alpha value is -1.06. The van der Waals surface area contributed by atoms with Gasteiger partial charge in [-0.3, -0.25) is 4.90 Å². The predicted octanol–water partition coefficient (Wildman–Crippen LogP) is 3.52. The maximum absolute atomic E-state index is 6.87. The minimum absolute atomic E-state index is 0.321. The average molecular weight is 290 g/mol. The van der Waals surface area contributed by atoms with Gasteiger partial charge >= 0.3 is 0 Å². The molecule has 0 radical (unpaired) electrons. The van der Waals surface area contributed by atoms with Crippen LogP contribution in [-0.2, 0) is 5.54 Å². The molecule has 1 aliphatic rings. The summed E-state index contributed by atoms with van der Waals surface area (Å²) in [7, 11) is 1.71. The molecule has 0 spiro atoms. The maximum atomic E-state index is 6.87. The molecule has 3 nitrogen and oxygen atoms in total. The maximum Gasteiger partial charge on any atom is 0.119 e. The summed E-state index contributed by atoms with van der Waals surface area (Å²) in [6, 6.07) is 8.60. The number of nitrogens with two attached hydrogens (primary N) is 1. The van der Waals surface area contributed by atoms with Gasteiger partial charge in [-0.25, -0.2) is 0 Å². The minimum Gasteiger partial charge on any atom is -0.497 e. The van der Waals surface area contributed by atoms with Crippen molar-refractivity contribution in [1.29, 1.82) is 0 Å². The molecule has 1 aromatic rings. The van der Waals surface area contributed by atoms with Gasteiger partial charge in [0.05, 0.1) is 12.6 Å². The number of methoxy groups -OCH3 is 1. The summed E-state index contributed by atoms with van der Waals surface area (Å²) in [5, 5.41) is 0. The number of nitrogens with zero attached hydrogens (tertiary/aromatic N) is 1. The molecule has 2 atom stereocenters. The van der Waals surface area contributed by atoms with E-state index >= 15 is 0 Å².